The Labute approximate surface area is 97.5 Å². The van der Waals surface area contributed by atoms with Crippen LogP contribution in [0.15, 0.2) is 12.3 Å². The smallest absolute Gasteiger partial charge is 0.291 e. The number of amides is 1. The maximum atomic E-state index is 11.6. The van der Waals surface area contributed by atoms with Crippen LogP contribution in [-0.2, 0) is 0 Å². The van der Waals surface area contributed by atoms with Gasteiger partial charge in [-0.25, -0.2) is 9.50 Å². The molecular formula is C10H13N5O2. The zero-order valence-electron chi connectivity index (χ0n) is 9.58. The van der Waals surface area contributed by atoms with E-state index in [9.17, 15) is 4.79 Å². The van der Waals surface area contributed by atoms with Crippen LogP contribution in [0.5, 0.6) is 0 Å². The van der Waals surface area contributed by atoms with Crippen molar-refractivity contribution in [3.05, 3.63) is 23.8 Å². The highest BCUT2D eigenvalue weighted by atomic mass is 16.3. The van der Waals surface area contributed by atoms with Crippen LogP contribution < -0.4 is 5.32 Å². The molecule has 7 heteroatoms. The molecule has 0 aliphatic rings. The van der Waals surface area contributed by atoms with Gasteiger partial charge in [-0.2, -0.15) is 4.98 Å². The predicted molar refractivity (Wildman–Crippen MR) is 59.5 cm³/mol. The van der Waals surface area contributed by atoms with Gasteiger partial charge >= 0.3 is 0 Å². The van der Waals surface area contributed by atoms with Crippen LogP contribution >= 0.6 is 0 Å². The van der Waals surface area contributed by atoms with E-state index in [0.717, 1.165) is 5.69 Å². The molecule has 0 unspecified atom stereocenters. The van der Waals surface area contributed by atoms with Crippen LogP contribution in [0.3, 0.4) is 0 Å². The lowest BCUT2D eigenvalue weighted by molar-refractivity contribution is 0.0914. The number of nitrogens with zero attached hydrogens (tertiary/aromatic N) is 4. The molecular weight excluding hydrogens is 222 g/mol. The Morgan fingerprint density at radius 3 is 3.06 bits per heavy atom. The number of aromatic nitrogens is 4. The number of rotatable bonds is 3. The van der Waals surface area contributed by atoms with E-state index in [1.54, 1.807) is 19.2 Å². The lowest BCUT2D eigenvalue weighted by Crippen LogP contribution is -2.31. The van der Waals surface area contributed by atoms with Crippen molar-refractivity contribution < 1.29 is 9.90 Å². The molecule has 2 rings (SSSR count). The maximum absolute atomic E-state index is 11.6. The average Bonchev–Trinajstić information content (AvgIpc) is 2.71. The summed E-state index contributed by atoms with van der Waals surface area (Å²) in [4.78, 5) is 19.6. The molecule has 2 aromatic heterocycles. The summed E-state index contributed by atoms with van der Waals surface area (Å²) in [5, 5.41) is 15.6. The molecule has 0 saturated heterocycles. The molecule has 0 bridgehead atoms. The van der Waals surface area contributed by atoms with Crippen molar-refractivity contribution in [1.29, 1.82) is 0 Å². The van der Waals surface area contributed by atoms with Gasteiger partial charge in [0.15, 0.2) is 0 Å². The molecule has 0 spiro atoms. The zero-order chi connectivity index (χ0) is 12.4. The Bertz CT molecular complexity index is 549. The summed E-state index contributed by atoms with van der Waals surface area (Å²) in [6.07, 6.45) is 1.01. The minimum absolute atomic E-state index is 0.0486. The standard InChI is InChI=1S/C10H13N5O2/c1-6-3-4-11-10-13-8(14-15(6)10)9(17)12-5-7(2)16/h3-4,7,16H,5H2,1-2H3,(H,12,17)/t7-/m1/s1. The van der Waals surface area contributed by atoms with Crippen LogP contribution in [0.2, 0.25) is 0 Å². The van der Waals surface area contributed by atoms with Crippen LogP contribution in [0.1, 0.15) is 23.2 Å². The minimum Gasteiger partial charge on any atom is -0.392 e. The SMILES string of the molecule is Cc1ccnc2nc(C(=O)NC[C@@H](C)O)nn12. The van der Waals surface area contributed by atoms with Gasteiger partial charge in [-0.15, -0.1) is 5.10 Å². The van der Waals surface area contributed by atoms with Gasteiger partial charge in [0.2, 0.25) is 5.82 Å². The zero-order valence-corrected chi connectivity index (χ0v) is 9.58. The van der Waals surface area contributed by atoms with Gasteiger partial charge in [0.05, 0.1) is 6.10 Å². The molecule has 2 heterocycles. The van der Waals surface area contributed by atoms with Crippen molar-refractivity contribution in [3.63, 3.8) is 0 Å². The summed E-state index contributed by atoms with van der Waals surface area (Å²) in [6.45, 7) is 3.60. The molecule has 2 aromatic rings. The molecule has 0 saturated carbocycles. The third-order valence-electron chi connectivity index (χ3n) is 2.19. The predicted octanol–water partition coefficient (Wildman–Crippen LogP) is -0.457. The number of aliphatic hydroxyl groups is 1. The van der Waals surface area contributed by atoms with Crippen molar-refractivity contribution in [1.82, 2.24) is 24.9 Å². The van der Waals surface area contributed by atoms with Gasteiger partial charge in [0.1, 0.15) is 0 Å². The Kier molecular flexibility index (Phi) is 3.01. The van der Waals surface area contributed by atoms with Crippen molar-refractivity contribution in [2.45, 2.75) is 20.0 Å². The second-order valence-corrected chi connectivity index (χ2v) is 3.79. The van der Waals surface area contributed by atoms with Crippen LogP contribution in [-0.4, -0.2) is 43.2 Å². The summed E-state index contributed by atoms with van der Waals surface area (Å²) in [7, 11) is 0. The monoisotopic (exact) mass is 235 g/mol. The number of aryl methyl sites for hydroxylation is 1. The quantitative estimate of drug-likeness (QED) is 0.751. The molecule has 2 N–H and O–H groups in total. The number of carbonyl (C=O) groups excluding carboxylic acids is 1. The number of hydrogen-bond acceptors (Lipinski definition) is 5. The molecule has 1 amide bonds. The van der Waals surface area contributed by atoms with E-state index in [2.05, 4.69) is 20.4 Å². The molecule has 0 radical (unpaired) electrons. The Balaban J connectivity index is 2.24. The fourth-order valence-electron chi connectivity index (χ4n) is 1.32. The maximum Gasteiger partial charge on any atom is 0.291 e. The number of fused-ring (bicyclic) bond motifs is 1. The molecule has 1 atom stereocenters. The number of aliphatic hydroxyl groups excluding tert-OH is 1. The molecule has 0 aliphatic carbocycles. The summed E-state index contributed by atoms with van der Waals surface area (Å²) in [5.74, 6) is 0.00967. The Morgan fingerprint density at radius 2 is 2.41 bits per heavy atom. The van der Waals surface area contributed by atoms with E-state index in [0.29, 0.717) is 5.78 Å². The number of nitrogens with one attached hydrogen (secondary N) is 1. The van der Waals surface area contributed by atoms with E-state index in [1.807, 2.05) is 6.92 Å². The van der Waals surface area contributed by atoms with Crippen molar-refractivity contribution in [3.8, 4) is 0 Å². The van der Waals surface area contributed by atoms with E-state index < -0.39 is 12.0 Å². The summed E-state index contributed by atoms with van der Waals surface area (Å²) >= 11 is 0. The Hall–Kier alpha value is -2.02. The largest absolute Gasteiger partial charge is 0.392 e. The van der Waals surface area contributed by atoms with Gasteiger partial charge < -0.3 is 10.4 Å². The third kappa shape index (κ3) is 2.39. The molecule has 0 fully saturated rings. The summed E-state index contributed by atoms with van der Waals surface area (Å²) < 4.78 is 1.50. The molecule has 7 nitrogen and oxygen atoms in total. The van der Waals surface area contributed by atoms with Crippen molar-refractivity contribution in [2.24, 2.45) is 0 Å². The average molecular weight is 235 g/mol. The summed E-state index contributed by atoms with van der Waals surface area (Å²) in [5.41, 5.74) is 0.845. The Morgan fingerprint density at radius 1 is 1.65 bits per heavy atom. The fraction of sp³-hybridized carbons (Fsp3) is 0.400. The second kappa shape index (κ2) is 4.46. The van der Waals surface area contributed by atoms with E-state index in [-0.39, 0.29) is 12.4 Å². The van der Waals surface area contributed by atoms with Crippen LogP contribution in [0.4, 0.5) is 0 Å². The van der Waals surface area contributed by atoms with E-state index in [1.165, 1.54) is 4.52 Å². The van der Waals surface area contributed by atoms with Gasteiger partial charge in [-0.3, -0.25) is 4.79 Å². The van der Waals surface area contributed by atoms with Gasteiger partial charge in [0, 0.05) is 18.4 Å². The fourth-order valence-corrected chi connectivity index (χ4v) is 1.32. The first-order valence-electron chi connectivity index (χ1n) is 5.22. The van der Waals surface area contributed by atoms with Crippen molar-refractivity contribution >= 4 is 11.7 Å². The van der Waals surface area contributed by atoms with Crippen molar-refractivity contribution in [2.75, 3.05) is 6.54 Å². The first-order chi connectivity index (χ1) is 8.08. The highest BCUT2D eigenvalue weighted by Crippen LogP contribution is 2.01. The second-order valence-electron chi connectivity index (χ2n) is 3.79. The van der Waals surface area contributed by atoms with Gasteiger partial charge in [-0.05, 0) is 19.9 Å². The number of carbonyl (C=O) groups is 1. The lowest BCUT2D eigenvalue weighted by atomic mass is 10.4. The minimum atomic E-state index is -0.601. The van der Waals surface area contributed by atoms with Crippen LogP contribution in [0.25, 0.3) is 5.78 Å². The highest BCUT2D eigenvalue weighted by molar-refractivity contribution is 5.90. The van der Waals surface area contributed by atoms with E-state index in [4.69, 9.17) is 5.11 Å². The topological polar surface area (TPSA) is 92.4 Å². The first-order valence-corrected chi connectivity index (χ1v) is 5.22. The van der Waals surface area contributed by atoms with Gasteiger partial charge in [0.25, 0.3) is 11.7 Å². The molecule has 0 aliphatic heterocycles. The summed E-state index contributed by atoms with van der Waals surface area (Å²) in [6, 6.07) is 1.78. The van der Waals surface area contributed by atoms with E-state index >= 15 is 0 Å². The number of hydrogen-bond donors (Lipinski definition) is 2. The van der Waals surface area contributed by atoms with Crippen LogP contribution in [0, 0.1) is 6.92 Å². The first kappa shape index (κ1) is 11.5. The molecule has 90 valence electrons. The third-order valence-corrected chi connectivity index (χ3v) is 2.19. The molecule has 17 heavy (non-hydrogen) atoms. The molecule has 0 aromatic carbocycles. The normalized spacial score (nSPS) is 12.6. The lowest BCUT2D eigenvalue weighted by Gasteiger charge is -2.03. The van der Waals surface area contributed by atoms with Gasteiger partial charge in [-0.1, -0.05) is 0 Å². The highest BCUT2D eigenvalue weighted by Gasteiger charge is 2.14.